The molecule has 0 N–H and O–H groups in total. The molecule has 0 aromatic heterocycles. The molecule has 0 bridgehead atoms. The predicted molar refractivity (Wildman–Crippen MR) is 89.2 cm³/mol. The van der Waals surface area contributed by atoms with Gasteiger partial charge in [0.2, 0.25) is 0 Å². The van der Waals surface area contributed by atoms with Crippen LogP contribution in [0.3, 0.4) is 0 Å². The van der Waals surface area contributed by atoms with E-state index in [-0.39, 0.29) is 18.1 Å². The molecule has 5 heteroatoms. The predicted octanol–water partition coefficient (Wildman–Crippen LogP) is 3.36. The molecule has 0 aromatic rings. The molecule has 2 aliphatic rings. The second-order valence-electron chi connectivity index (χ2n) is 8.03. The third-order valence-electron chi connectivity index (χ3n) is 4.72. The first-order valence-corrected chi connectivity index (χ1v) is 8.78. The molecule has 1 saturated carbocycles. The average Bonchev–Trinajstić information content (AvgIpc) is 2.83. The maximum atomic E-state index is 12.7. The molecule has 1 fully saturated rings. The third-order valence-corrected chi connectivity index (χ3v) is 4.72. The molecule has 0 radical (unpaired) electrons. The smallest absolute Gasteiger partial charge is 0.331 e. The maximum absolute atomic E-state index is 12.7. The van der Waals surface area contributed by atoms with Crippen molar-refractivity contribution in [2.24, 2.45) is 11.8 Å². The van der Waals surface area contributed by atoms with Crippen molar-refractivity contribution >= 4 is 17.7 Å². The van der Waals surface area contributed by atoms with Crippen LogP contribution in [0.5, 0.6) is 0 Å². The third kappa shape index (κ3) is 4.68. The first-order chi connectivity index (χ1) is 11.1. The van der Waals surface area contributed by atoms with Crippen molar-refractivity contribution in [3.63, 3.8) is 0 Å². The van der Waals surface area contributed by atoms with Crippen LogP contribution >= 0.6 is 0 Å². The molecular formula is C19H28O5. The molecule has 0 spiro atoms. The molecule has 2 unspecified atom stereocenters. The van der Waals surface area contributed by atoms with Crippen LogP contribution in [0.2, 0.25) is 0 Å². The monoisotopic (exact) mass is 336 g/mol. The number of carbonyl (C=O) groups is 3. The van der Waals surface area contributed by atoms with Gasteiger partial charge in [-0.1, -0.05) is 19.3 Å². The van der Waals surface area contributed by atoms with E-state index in [1.807, 2.05) is 0 Å². The Kier molecular flexibility index (Phi) is 5.51. The van der Waals surface area contributed by atoms with Gasteiger partial charge >= 0.3 is 11.9 Å². The minimum absolute atomic E-state index is 0.00775. The molecule has 2 rings (SSSR count). The molecular weight excluding hydrogens is 308 g/mol. The lowest BCUT2D eigenvalue weighted by atomic mass is 9.79. The van der Waals surface area contributed by atoms with Crippen molar-refractivity contribution in [2.45, 2.75) is 77.4 Å². The summed E-state index contributed by atoms with van der Waals surface area (Å²) in [6.45, 7) is 7.01. The summed E-state index contributed by atoms with van der Waals surface area (Å²) in [6.07, 6.45) is 7.96. The fourth-order valence-electron chi connectivity index (χ4n) is 3.39. The summed E-state index contributed by atoms with van der Waals surface area (Å²) in [5, 5.41) is 0. The highest BCUT2D eigenvalue weighted by Crippen LogP contribution is 2.35. The fraction of sp³-hybridized carbons (Fsp3) is 0.737. The van der Waals surface area contributed by atoms with Crippen molar-refractivity contribution in [1.82, 2.24) is 0 Å². The number of esters is 2. The second kappa shape index (κ2) is 7.08. The van der Waals surface area contributed by atoms with Crippen LogP contribution in [0.1, 0.15) is 66.2 Å². The summed E-state index contributed by atoms with van der Waals surface area (Å²) in [5.74, 6) is -1.71. The van der Waals surface area contributed by atoms with Crippen molar-refractivity contribution in [1.29, 1.82) is 0 Å². The van der Waals surface area contributed by atoms with Crippen LogP contribution in [-0.2, 0) is 23.9 Å². The van der Waals surface area contributed by atoms with Gasteiger partial charge in [-0.25, -0.2) is 4.79 Å². The number of carbonyl (C=O) groups excluding carboxylic acids is 3. The quantitative estimate of drug-likeness (QED) is 0.720. The van der Waals surface area contributed by atoms with Crippen molar-refractivity contribution < 1.29 is 23.9 Å². The van der Waals surface area contributed by atoms with Gasteiger partial charge < -0.3 is 9.47 Å². The average molecular weight is 336 g/mol. The zero-order valence-electron chi connectivity index (χ0n) is 15.1. The molecule has 0 aromatic carbocycles. The normalized spacial score (nSPS) is 26.1. The SMILES string of the molecule is CC(C)(C)OC(=O)C(CC(=O)C1CCCCC1)C1(C)C=CC(=O)O1. The van der Waals surface area contributed by atoms with Crippen LogP contribution in [-0.4, -0.2) is 28.9 Å². The Morgan fingerprint density at radius 1 is 1.29 bits per heavy atom. The molecule has 1 heterocycles. The van der Waals surface area contributed by atoms with Gasteiger partial charge in [-0.05, 0) is 46.6 Å². The Labute approximate surface area is 143 Å². The van der Waals surface area contributed by atoms with E-state index in [4.69, 9.17) is 9.47 Å². The second-order valence-corrected chi connectivity index (χ2v) is 8.03. The summed E-state index contributed by atoms with van der Waals surface area (Å²) >= 11 is 0. The van der Waals surface area contributed by atoms with Crippen LogP contribution in [0, 0.1) is 11.8 Å². The van der Waals surface area contributed by atoms with Gasteiger partial charge in [0.25, 0.3) is 0 Å². The van der Waals surface area contributed by atoms with E-state index in [1.165, 1.54) is 6.08 Å². The number of hydrogen-bond donors (Lipinski definition) is 0. The Hall–Kier alpha value is -1.65. The molecule has 2 atom stereocenters. The Bertz CT molecular complexity index is 536. The van der Waals surface area contributed by atoms with Gasteiger partial charge in [0, 0.05) is 18.4 Å². The van der Waals surface area contributed by atoms with E-state index in [0.29, 0.717) is 0 Å². The standard InChI is InChI=1S/C19H28O5/c1-18(2,3)24-17(22)14(19(4)11-10-16(21)23-19)12-15(20)13-8-6-5-7-9-13/h10-11,13-14H,5-9,12H2,1-4H3. The minimum atomic E-state index is -1.12. The van der Waals surface area contributed by atoms with Crippen molar-refractivity contribution in [3.05, 3.63) is 12.2 Å². The van der Waals surface area contributed by atoms with Gasteiger partial charge in [-0.2, -0.15) is 0 Å². The van der Waals surface area contributed by atoms with Gasteiger partial charge in [0.15, 0.2) is 0 Å². The first-order valence-electron chi connectivity index (χ1n) is 8.78. The van der Waals surface area contributed by atoms with E-state index < -0.39 is 29.1 Å². The zero-order chi connectivity index (χ0) is 18.0. The first kappa shape index (κ1) is 18.7. The molecule has 134 valence electrons. The van der Waals surface area contributed by atoms with E-state index in [9.17, 15) is 14.4 Å². The lowest BCUT2D eigenvalue weighted by molar-refractivity contribution is -0.173. The van der Waals surface area contributed by atoms with Crippen LogP contribution in [0.25, 0.3) is 0 Å². The molecule has 0 saturated heterocycles. The number of cyclic esters (lactones) is 1. The summed E-state index contributed by atoms with van der Waals surface area (Å²) in [7, 11) is 0. The topological polar surface area (TPSA) is 69.7 Å². The van der Waals surface area contributed by atoms with Gasteiger partial charge in [0.1, 0.15) is 22.9 Å². The summed E-state index contributed by atoms with van der Waals surface area (Å²) < 4.78 is 10.8. The molecule has 24 heavy (non-hydrogen) atoms. The van der Waals surface area contributed by atoms with Crippen molar-refractivity contribution in [3.8, 4) is 0 Å². The summed E-state index contributed by atoms with van der Waals surface area (Å²) in [6, 6.07) is 0. The highest BCUT2D eigenvalue weighted by Gasteiger charge is 2.46. The van der Waals surface area contributed by atoms with Gasteiger partial charge in [-0.15, -0.1) is 0 Å². The van der Waals surface area contributed by atoms with Gasteiger partial charge in [0.05, 0.1) is 0 Å². The lowest BCUT2D eigenvalue weighted by Crippen LogP contribution is -2.44. The minimum Gasteiger partial charge on any atom is -0.460 e. The summed E-state index contributed by atoms with van der Waals surface area (Å²) in [4.78, 5) is 36.9. The lowest BCUT2D eigenvalue weighted by Gasteiger charge is -2.33. The summed E-state index contributed by atoms with van der Waals surface area (Å²) in [5.41, 5.74) is -1.78. The highest BCUT2D eigenvalue weighted by molar-refractivity contribution is 5.90. The largest absolute Gasteiger partial charge is 0.460 e. The number of hydrogen-bond acceptors (Lipinski definition) is 5. The number of rotatable bonds is 5. The van der Waals surface area contributed by atoms with Gasteiger partial charge in [-0.3, -0.25) is 9.59 Å². The molecule has 1 aliphatic carbocycles. The van der Waals surface area contributed by atoms with Crippen LogP contribution < -0.4 is 0 Å². The Morgan fingerprint density at radius 2 is 1.92 bits per heavy atom. The van der Waals surface area contributed by atoms with E-state index >= 15 is 0 Å². The zero-order valence-corrected chi connectivity index (χ0v) is 15.1. The number of ether oxygens (including phenoxy) is 2. The fourth-order valence-corrected chi connectivity index (χ4v) is 3.39. The number of ketones is 1. The molecule has 0 amide bonds. The van der Waals surface area contributed by atoms with E-state index in [1.54, 1.807) is 33.8 Å². The molecule has 5 nitrogen and oxygen atoms in total. The maximum Gasteiger partial charge on any atom is 0.331 e. The Morgan fingerprint density at radius 3 is 2.42 bits per heavy atom. The van der Waals surface area contributed by atoms with Crippen LogP contribution in [0.4, 0.5) is 0 Å². The Balaban J connectivity index is 2.16. The van der Waals surface area contributed by atoms with E-state index in [0.717, 1.165) is 32.1 Å². The van der Waals surface area contributed by atoms with Crippen LogP contribution in [0.15, 0.2) is 12.2 Å². The highest BCUT2D eigenvalue weighted by atomic mass is 16.6. The van der Waals surface area contributed by atoms with E-state index in [2.05, 4.69) is 0 Å². The van der Waals surface area contributed by atoms with Crippen molar-refractivity contribution in [2.75, 3.05) is 0 Å². The number of Topliss-reactive ketones (excluding diaryl/α,β-unsaturated/α-hetero) is 1. The molecule has 1 aliphatic heterocycles.